The van der Waals surface area contributed by atoms with Crippen molar-refractivity contribution >= 4 is 23.9 Å². The fourth-order valence-electron chi connectivity index (χ4n) is 1.85. The molecule has 0 aromatic heterocycles. The SMILES string of the molecule is O=C1CC2CC(=O)OC(=O)[C@H]2CC(=O)O1. The van der Waals surface area contributed by atoms with Crippen LogP contribution in [0.2, 0.25) is 0 Å². The second-order valence-corrected chi connectivity index (χ2v) is 3.62. The van der Waals surface area contributed by atoms with E-state index in [0.29, 0.717) is 0 Å². The predicted molar refractivity (Wildman–Crippen MR) is 43.0 cm³/mol. The molecule has 2 rings (SSSR count). The molecule has 0 aromatic rings. The highest BCUT2D eigenvalue weighted by Crippen LogP contribution is 2.32. The first-order chi connectivity index (χ1) is 7.06. The van der Waals surface area contributed by atoms with Gasteiger partial charge in [-0.25, -0.2) is 0 Å². The molecule has 2 fully saturated rings. The van der Waals surface area contributed by atoms with Gasteiger partial charge in [0, 0.05) is 0 Å². The van der Waals surface area contributed by atoms with Crippen molar-refractivity contribution in [2.75, 3.05) is 0 Å². The van der Waals surface area contributed by atoms with Gasteiger partial charge in [0.25, 0.3) is 0 Å². The Morgan fingerprint density at radius 1 is 0.800 bits per heavy atom. The molecule has 0 spiro atoms. The molecule has 0 radical (unpaired) electrons. The van der Waals surface area contributed by atoms with Gasteiger partial charge in [-0.15, -0.1) is 0 Å². The molecule has 2 aliphatic rings. The number of fused-ring (bicyclic) bond motifs is 1. The van der Waals surface area contributed by atoms with E-state index < -0.39 is 35.7 Å². The maximum atomic E-state index is 11.3. The van der Waals surface area contributed by atoms with Gasteiger partial charge in [-0.1, -0.05) is 0 Å². The molecule has 2 heterocycles. The van der Waals surface area contributed by atoms with E-state index in [1.807, 2.05) is 0 Å². The van der Waals surface area contributed by atoms with Crippen LogP contribution in [0.25, 0.3) is 0 Å². The molecule has 2 saturated heterocycles. The summed E-state index contributed by atoms with van der Waals surface area (Å²) in [4.78, 5) is 44.3. The Bertz CT molecular complexity index is 358. The number of ether oxygens (including phenoxy) is 2. The molecular weight excluding hydrogens is 204 g/mol. The third-order valence-electron chi connectivity index (χ3n) is 2.56. The summed E-state index contributed by atoms with van der Waals surface area (Å²) in [6.07, 6.45) is -0.293. The number of hydrogen-bond donors (Lipinski definition) is 0. The minimum atomic E-state index is -0.737. The van der Waals surface area contributed by atoms with E-state index >= 15 is 0 Å². The molecule has 1 unspecified atom stereocenters. The molecule has 0 saturated carbocycles. The van der Waals surface area contributed by atoms with Gasteiger partial charge >= 0.3 is 23.9 Å². The summed E-state index contributed by atoms with van der Waals surface area (Å²) in [5.74, 6) is -3.99. The molecule has 6 nitrogen and oxygen atoms in total. The van der Waals surface area contributed by atoms with E-state index in [1.54, 1.807) is 0 Å². The third kappa shape index (κ3) is 1.88. The third-order valence-corrected chi connectivity index (χ3v) is 2.56. The average Bonchev–Trinajstić information content (AvgIpc) is 2.22. The van der Waals surface area contributed by atoms with Crippen LogP contribution in [0.5, 0.6) is 0 Å². The second kappa shape index (κ2) is 3.45. The maximum Gasteiger partial charge on any atom is 0.317 e. The molecular formula is C9H8O6. The zero-order valence-corrected chi connectivity index (χ0v) is 7.73. The number of esters is 4. The molecule has 2 atom stereocenters. The Morgan fingerprint density at radius 3 is 2.00 bits per heavy atom. The quantitative estimate of drug-likeness (QED) is 0.399. The number of carbonyl (C=O) groups excluding carboxylic acids is 4. The lowest BCUT2D eigenvalue weighted by Crippen LogP contribution is -2.35. The van der Waals surface area contributed by atoms with Gasteiger partial charge in [-0.2, -0.15) is 0 Å². The first kappa shape index (κ1) is 9.82. The fraction of sp³-hybridized carbons (Fsp3) is 0.556. The van der Waals surface area contributed by atoms with Crippen LogP contribution in [-0.2, 0) is 28.7 Å². The molecule has 0 aromatic carbocycles. The Kier molecular flexibility index (Phi) is 2.26. The lowest BCUT2D eigenvalue weighted by atomic mass is 9.83. The van der Waals surface area contributed by atoms with Crippen molar-refractivity contribution in [2.24, 2.45) is 11.8 Å². The standard InChI is InChI=1S/C9H8O6/c10-6-1-4-2-7(11)15-9(13)5(4)3-8(12)14-6/h4-5H,1-3H2/t4?,5-/m0/s1. The topological polar surface area (TPSA) is 86.7 Å². The van der Waals surface area contributed by atoms with Gasteiger partial charge in [0.1, 0.15) is 0 Å². The summed E-state index contributed by atoms with van der Waals surface area (Å²) >= 11 is 0. The van der Waals surface area contributed by atoms with E-state index in [9.17, 15) is 19.2 Å². The first-order valence-electron chi connectivity index (χ1n) is 4.54. The molecule has 2 aliphatic heterocycles. The number of rotatable bonds is 0. The normalized spacial score (nSPS) is 31.5. The van der Waals surface area contributed by atoms with Gasteiger partial charge in [0.05, 0.1) is 25.2 Å². The van der Waals surface area contributed by atoms with Crippen LogP contribution in [0.3, 0.4) is 0 Å². The van der Waals surface area contributed by atoms with Crippen molar-refractivity contribution < 1.29 is 28.7 Å². The highest BCUT2D eigenvalue weighted by molar-refractivity contribution is 5.95. The average molecular weight is 212 g/mol. The number of carbonyl (C=O) groups is 4. The summed E-state index contributed by atoms with van der Waals surface area (Å²) in [5.41, 5.74) is 0. The van der Waals surface area contributed by atoms with Crippen molar-refractivity contribution in [2.45, 2.75) is 19.3 Å². The Morgan fingerprint density at radius 2 is 1.33 bits per heavy atom. The highest BCUT2D eigenvalue weighted by atomic mass is 16.6. The second-order valence-electron chi connectivity index (χ2n) is 3.62. The summed E-state index contributed by atoms with van der Waals surface area (Å²) in [5, 5.41) is 0. The van der Waals surface area contributed by atoms with Gasteiger partial charge in [-0.05, 0) is 5.92 Å². The van der Waals surface area contributed by atoms with Crippen molar-refractivity contribution in [3.05, 3.63) is 0 Å². The van der Waals surface area contributed by atoms with Crippen LogP contribution in [0.1, 0.15) is 19.3 Å². The minimum absolute atomic E-state index is 0.0151. The van der Waals surface area contributed by atoms with E-state index in [0.717, 1.165) is 0 Å². The molecule has 0 bridgehead atoms. The van der Waals surface area contributed by atoms with Crippen molar-refractivity contribution in [3.8, 4) is 0 Å². The van der Waals surface area contributed by atoms with E-state index in [2.05, 4.69) is 9.47 Å². The van der Waals surface area contributed by atoms with Crippen molar-refractivity contribution in [3.63, 3.8) is 0 Å². The first-order valence-corrected chi connectivity index (χ1v) is 4.54. The molecule has 0 aliphatic carbocycles. The molecule has 80 valence electrons. The molecule has 0 amide bonds. The Balaban J connectivity index is 2.24. The molecule has 6 heteroatoms. The minimum Gasteiger partial charge on any atom is -0.393 e. The van der Waals surface area contributed by atoms with E-state index in [-0.39, 0.29) is 19.3 Å². The van der Waals surface area contributed by atoms with Crippen LogP contribution >= 0.6 is 0 Å². The van der Waals surface area contributed by atoms with Crippen LogP contribution in [0.4, 0.5) is 0 Å². The van der Waals surface area contributed by atoms with Crippen LogP contribution in [0.15, 0.2) is 0 Å². The van der Waals surface area contributed by atoms with Gasteiger partial charge in [0.15, 0.2) is 0 Å². The monoisotopic (exact) mass is 212 g/mol. The van der Waals surface area contributed by atoms with Crippen LogP contribution in [0, 0.1) is 11.8 Å². The maximum absolute atomic E-state index is 11.3. The smallest absolute Gasteiger partial charge is 0.317 e. The lowest BCUT2D eigenvalue weighted by molar-refractivity contribution is -0.171. The summed E-state index contributed by atoms with van der Waals surface area (Å²) < 4.78 is 8.79. The van der Waals surface area contributed by atoms with Crippen molar-refractivity contribution in [1.29, 1.82) is 0 Å². The molecule has 0 N–H and O–H groups in total. The Labute approximate surface area is 84.5 Å². The van der Waals surface area contributed by atoms with Gasteiger partial charge < -0.3 is 9.47 Å². The fourth-order valence-corrected chi connectivity index (χ4v) is 1.85. The predicted octanol–water partition coefficient (Wildman–Crippen LogP) is -0.444. The zero-order valence-electron chi connectivity index (χ0n) is 7.73. The van der Waals surface area contributed by atoms with E-state index in [1.165, 1.54) is 0 Å². The van der Waals surface area contributed by atoms with Crippen molar-refractivity contribution in [1.82, 2.24) is 0 Å². The summed E-state index contributed by atoms with van der Waals surface area (Å²) in [6, 6.07) is 0. The lowest BCUT2D eigenvalue weighted by Gasteiger charge is -2.24. The zero-order chi connectivity index (χ0) is 11.0. The van der Waals surface area contributed by atoms with E-state index in [4.69, 9.17) is 0 Å². The van der Waals surface area contributed by atoms with Crippen LogP contribution in [-0.4, -0.2) is 23.9 Å². The number of cyclic esters (lactones) is 4. The number of hydrogen-bond acceptors (Lipinski definition) is 6. The van der Waals surface area contributed by atoms with Gasteiger partial charge in [0.2, 0.25) is 0 Å². The largest absolute Gasteiger partial charge is 0.393 e. The summed E-state index contributed by atoms with van der Waals surface area (Å²) in [7, 11) is 0. The highest BCUT2D eigenvalue weighted by Gasteiger charge is 2.43. The summed E-state index contributed by atoms with van der Waals surface area (Å²) in [6.45, 7) is 0. The van der Waals surface area contributed by atoms with Gasteiger partial charge in [-0.3, -0.25) is 19.2 Å². The van der Waals surface area contributed by atoms with Crippen LogP contribution < -0.4 is 0 Å². The Hall–Kier alpha value is -1.72. The molecule has 15 heavy (non-hydrogen) atoms.